The van der Waals surface area contributed by atoms with Gasteiger partial charge in [0.2, 0.25) is 0 Å². The zero-order valence-corrected chi connectivity index (χ0v) is 19.6. The first-order valence-corrected chi connectivity index (χ1v) is 11.2. The number of nitrogens with zero attached hydrogens (tertiary/aromatic N) is 2. The predicted octanol–water partition coefficient (Wildman–Crippen LogP) is 6.61. The normalized spacial score (nSPS) is 16.1. The maximum absolute atomic E-state index is 13.8. The van der Waals surface area contributed by atoms with Crippen molar-refractivity contribution in [2.75, 3.05) is 0 Å². The first-order valence-electron chi connectivity index (χ1n) is 11.2. The van der Waals surface area contributed by atoms with Crippen molar-refractivity contribution < 1.29 is 27.4 Å². The molecule has 0 N–H and O–H groups in total. The average Bonchev–Trinajstić information content (AvgIpc) is 3.14. The zero-order chi connectivity index (χ0) is 24.7. The van der Waals surface area contributed by atoms with Crippen LogP contribution in [-0.2, 0) is 17.3 Å². The van der Waals surface area contributed by atoms with Gasteiger partial charge in [-0.15, -0.1) is 0 Å². The number of aromatic nitrogens is 2. The van der Waals surface area contributed by atoms with Gasteiger partial charge in [-0.1, -0.05) is 12.1 Å². The highest BCUT2D eigenvalue weighted by Gasteiger charge is 2.42. The number of ether oxygens (including phenoxy) is 2. The quantitative estimate of drug-likeness (QED) is 0.401. The number of hydrogen-bond acceptors (Lipinski definition) is 4. The molecule has 0 radical (unpaired) electrons. The molecule has 1 atom stereocenters. The largest absolute Gasteiger partial charge is 0.484 e. The Morgan fingerprint density at radius 2 is 1.79 bits per heavy atom. The Morgan fingerprint density at radius 1 is 1.09 bits per heavy atom. The first kappa shape index (κ1) is 23.9. The summed E-state index contributed by atoms with van der Waals surface area (Å²) in [5.41, 5.74) is 0.961. The Bertz CT molecular complexity index is 1190. The molecule has 1 aliphatic rings. The molecule has 3 aromatic rings. The topological polar surface area (TPSA) is 53.4 Å². The lowest BCUT2D eigenvalue weighted by Crippen LogP contribution is -2.23. The molecule has 1 unspecified atom stereocenters. The number of alkyl halides is 3. The zero-order valence-electron chi connectivity index (χ0n) is 19.6. The van der Waals surface area contributed by atoms with Crippen LogP contribution in [0.3, 0.4) is 0 Å². The fourth-order valence-electron chi connectivity index (χ4n) is 4.11. The molecule has 1 aliphatic carbocycles. The summed E-state index contributed by atoms with van der Waals surface area (Å²) in [7, 11) is 0. The molecule has 0 saturated heterocycles. The van der Waals surface area contributed by atoms with Crippen LogP contribution in [0, 0.1) is 6.92 Å². The molecule has 5 nitrogen and oxygen atoms in total. The van der Waals surface area contributed by atoms with Gasteiger partial charge >= 0.3 is 12.1 Å². The molecule has 0 fully saturated rings. The van der Waals surface area contributed by atoms with E-state index in [2.05, 4.69) is 5.10 Å². The minimum atomic E-state index is -4.56. The van der Waals surface area contributed by atoms with Crippen LogP contribution in [0.2, 0.25) is 0 Å². The molecule has 0 bridgehead atoms. The molecule has 0 spiro atoms. The average molecular weight is 473 g/mol. The molecule has 1 aromatic heterocycles. The Morgan fingerprint density at radius 3 is 2.41 bits per heavy atom. The SMILES string of the molecule is Cc1cccc(-n2nc(C(F)(F)F)c3c2C(Oc2ccc(C(=O)OC(C)(C)C)cc2)CCC3)c1. The number of fused-ring (bicyclic) bond motifs is 1. The van der Waals surface area contributed by atoms with E-state index in [1.54, 1.807) is 63.2 Å². The van der Waals surface area contributed by atoms with Crippen molar-refractivity contribution in [3.05, 3.63) is 76.6 Å². The Labute approximate surface area is 196 Å². The van der Waals surface area contributed by atoms with Crippen molar-refractivity contribution in [3.8, 4) is 11.4 Å². The van der Waals surface area contributed by atoms with Crippen molar-refractivity contribution >= 4 is 5.97 Å². The number of carbonyl (C=O) groups is 1. The highest BCUT2D eigenvalue weighted by Crippen LogP contribution is 2.42. The summed E-state index contributed by atoms with van der Waals surface area (Å²) in [5.74, 6) is 0.00190. The number of hydrogen-bond donors (Lipinski definition) is 0. The standard InChI is InChI=1S/C26H27F3N2O3/c1-16-7-5-8-18(15-16)31-22-20(23(30-31)26(27,28)29)9-6-10-21(22)33-19-13-11-17(12-14-19)24(32)34-25(2,3)4/h5,7-8,11-15,21H,6,9-10H2,1-4H3. The maximum atomic E-state index is 13.8. The lowest BCUT2D eigenvalue weighted by atomic mass is 9.92. The summed E-state index contributed by atoms with van der Waals surface area (Å²) >= 11 is 0. The van der Waals surface area contributed by atoms with Gasteiger partial charge in [0.1, 0.15) is 17.5 Å². The smallest absolute Gasteiger partial charge is 0.435 e. The van der Waals surface area contributed by atoms with E-state index in [9.17, 15) is 18.0 Å². The fourth-order valence-corrected chi connectivity index (χ4v) is 4.11. The van der Waals surface area contributed by atoms with E-state index in [0.29, 0.717) is 35.5 Å². The highest BCUT2D eigenvalue weighted by atomic mass is 19.4. The monoisotopic (exact) mass is 472 g/mol. The van der Waals surface area contributed by atoms with Crippen LogP contribution >= 0.6 is 0 Å². The molecule has 34 heavy (non-hydrogen) atoms. The lowest BCUT2D eigenvalue weighted by Gasteiger charge is -2.26. The predicted molar refractivity (Wildman–Crippen MR) is 121 cm³/mol. The van der Waals surface area contributed by atoms with Crippen LogP contribution in [0.4, 0.5) is 13.2 Å². The fraction of sp³-hybridized carbons (Fsp3) is 0.385. The Hall–Kier alpha value is -3.29. The number of benzene rings is 2. The summed E-state index contributed by atoms with van der Waals surface area (Å²) in [4.78, 5) is 12.3. The van der Waals surface area contributed by atoms with Gasteiger partial charge in [-0.3, -0.25) is 0 Å². The van der Waals surface area contributed by atoms with E-state index in [0.717, 1.165) is 5.56 Å². The molecule has 8 heteroatoms. The summed E-state index contributed by atoms with van der Waals surface area (Å²) in [5, 5.41) is 3.99. The van der Waals surface area contributed by atoms with Crippen LogP contribution in [0.25, 0.3) is 5.69 Å². The van der Waals surface area contributed by atoms with Crippen molar-refractivity contribution in [2.24, 2.45) is 0 Å². The van der Waals surface area contributed by atoms with Crippen LogP contribution in [0.5, 0.6) is 5.75 Å². The molecule has 0 amide bonds. The Balaban J connectivity index is 1.68. The molecule has 1 heterocycles. The van der Waals surface area contributed by atoms with Crippen molar-refractivity contribution in [1.29, 1.82) is 0 Å². The van der Waals surface area contributed by atoms with E-state index in [1.165, 1.54) is 4.68 Å². The van der Waals surface area contributed by atoms with Gasteiger partial charge in [-0.2, -0.15) is 18.3 Å². The lowest BCUT2D eigenvalue weighted by molar-refractivity contribution is -0.142. The molecular formula is C26H27F3N2O3. The number of aryl methyl sites for hydroxylation is 1. The molecule has 0 aliphatic heterocycles. The van der Waals surface area contributed by atoms with Gasteiger partial charge in [0.25, 0.3) is 0 Å². The molecule has 2 aromatic carbocycles. The summed E-state index contributed by atoms with van der Waals surface area (Å²) in [6, 6.07) is 13.6. The third kappa shape index (κ3) is 5.11. The van der Waals surface area contributed by atoms with Crippen LogP contribution < -0.4 is 4.74 Å². The number of esters is 1. The molecular weight excluding hydrogens is 445 g/mol. The Kier molecular flexibility index (Phi) is 6.18. The van der Waals surface area contributed by atoms with E-state index >= 15 is 0 Å². The van der Waals surface area contributed by atoms with Gasteiger partial charge < -0.3 is 9.47 Å². The number of carbonyl (C=O) groups excluding carboxylic acids is 1. The van der Waals surface area contributed by atoms with E-state index in [-0.39, 0.29) is 12.0 Å². The molecule has 180 valence electrons. The summed E-state index contributed by atoms with van der Waals surface area (Å²) in [6.07, 6.45) is -3.78. The van der Waals surface area contributed by atoms with Crippen LogP contribution in [0.15, 0.2) is 48.5 Å². The van der Waals surface area contributed by atoms with Gasteiger partial charge in [0.05, 0.1) is 16.9 Å². The maximum Gasteiger partial charge on any atom is 0.435 e. The highest BCUT2D eigenvalue weighted by molar-refractivity contribution is 5.89. The van der Waals surface area contributed by atoms with E-state index in [1.807, 2.05) is 13.0 Å². The molecule has 4 rings (SSSR count). The summed E-state index contributed by atoms with van der Waals surface area (Å²) in [6.45, 7) is 7.24. The van der Waals surface area contributed by atoms with Crippen molar-refractivity contribution in [2.45, 2.75) is 64.8 Å². The van der Waals surface area contributed by atoms with Gasteiger partial charge in [0.15, 0.2) is 5.69 Å². The first-order chi connectivity index (χ1) is 15.9. The van der Waals surface area contributed by atoms with Crippen LogP contribution in [0.1, 0.15) is 72.6 Å². The van der Waals surface area contributed by atoms with Crippen molar-refractivity contribution in [1.82, 2.24) is 9.78 Å². The number of halogens is 3. The van der Waals surface area contributed by atoms with Crippen LogP contribution in [-0.4, -0.2) is 21.4 Å². The van der Waals surface area contributed by atoms with E-state index < -0.39 is 29.5 Å². The third-order valence-electron chi connectivity index (χ3n) is 5.50. The van der Waals surface area contributed by atoms with E-state index in [4.69, 9.17) is 9.47 Å². The minimum Gasteiger partial charge on any atom is -0.484 e. The second kappa shape index (κ2) is 8.81. The van der Waals surface area contributed by atoms with Gasteiger partial charge in [0, 0.05) is 5.56 Å². The number of rotatable bonds is 4. The van der Waals surface area contributed by atoms with Crippen molar-refractivity contribution in [3.63, 3.8) is 0 Å². The third-order valence-corrected chi connectivity index (χ3v) is 5.50. The second-order valence-corrected chi connectivity index (χ2v) is 9.49. The van der Waals surface area contributed by atoms with Gasteiger partial charge in [-0.25, -0.2) is 9.48 Å². The summed E-state index contributed by atoms with van der Waals surface area (Å²) < 4.78 is 54.3. The molecule has 0 saturated carbocycles. The van der Waals surface area contributed by atoms with Gasteiger partial charge in [-0.05, 0) is 88.9 Å². The minimum absolute atomic E-state index is 0.177. The second-order valence-electron chi connectivity index (χ2n) is 9.49.